The first-order chi connectivity index (χ1) is 16.5. The minimum Gasteiger partial charge on any atom is -0.478 e. The molecule has 1 aliphatic carbocycles. The Kier molecular flexibility index (Phi) is 5.76. The van der Waals surface area contributed by atoms with Gasteiger partial charge in [0.05, 0.1) is 16.6 Å². The van der Waals surface area contributed by atoms with Gasteiger partial charge in [-0.1, -0.05) is 42.8 Å². The highest BCUT2D eigenvalue weighted by molar-refractivity contribution is 6.01. The van der Waals surface area contributed by atoms with Crippen molar-refractivity contribution in [2.45, 2.75) is 19.3 Å². The van der Waals surface area contributed by atoms with E-state index in [1.54, 1.807) is 12.1 Å². The molecule has 7 heteroatoms. The van der Waals surface area contributed by atoms with E-state index in [1.807, 2.05) is 36.4 Å². The van der Waals surface area contributed by atoms with Gasteiger partial charge in [0.25, 0.3) is 0 Å². The third-order valence-corrected chi connectivity index (χ3v) is 6.21. The SMILES string of the molecule is O=C(O)C=Cc1ncc(C(=C(c2ccccc2)C2CCC2)c2ccc3[nH]nc(F)c3c2)cc1F. The third kappa shape index (κ3) is 4.12. The normalized spacial score (nSPS) is 14.9. The van der Waals surface area contributed by atoms with Crippen LogP contribution in [0.5, 0.6) is 0 Å². The molecule has 0 aliphatic heterocycles. The fourth-order valence-corrected chi connectivity index (χ4v) is 4.37. The molecule has 2 aromatic heterocycles. The highest BCUT2D eigenvalue weighted by atomic mass is 19.1. The van der Waals surface area contributed by atoms with Gasteiger partial charge in [0, 0.05) is 17.8 Å². The van der Waals surface area contributed by atoms with Gasteiger partial charge in [-0.25, -0.2) is 9.18 Å². The summed E-state index contributed by atoms with van der Waals surface area (Å²) in [6.45, 7) is 0. The highest BCUT2D eigenvalue weighted by Crippen LogP contribution is 2.45. The summed E-state index contributed by atoms with van der Waals surface area (Å²) in [5.41, 5.74) is 4.64. The second-order valence-corrected chi connectivity index (χ2v) is 8.32. The molecule has 5 nitrogen and oxygen atoms in total. The average molecular weight is 457 g/mol. The maximum Gasteiger partial charge on any atom is 0.328 e. The summed E-state index contributed by atoms with van der Waals surface area (Å²) in [6.07, 6.45) is 6.63. The van der Waals surface area contributed by atoms with Gasteiger partial charge in [-0.3, -0.25) is 10.1 Å². The molecule has 5 rings (SSSR count). The van der Waals surface area contributed by atoms with Crippen molar-refractivity contribution in [3.63, 3.8) is 0 Å². The van der Waals surface area contributed by atoms with Crippen molar-refractivity contribution in [3.05, 3.63) is 101 Å². The molecule has 1 fully saturated rings. The van der Waals surface area contributed by atoms with E-state index in [0.29, 0.717) is 16.5 Å². The number of nitrogens with zero attached hydrogens (tertiary/aromatic N) is 2. The number of hydrogen-bond donors (Lipinski definition) is 2. The number of pyridine rings is 1. The first kappa shape index (κ1) is 21.7. The van der Waals surface area contributed by atoms with Crippen LogP contribution in [0.1, 0.15) is 41.6 Å². The number of fused-ring (bicyclic) bond motifs is 1. The van der Waals surface area contributed by atoms with Crippen LogP contribution in [0.15, 0.2) is 66.9 Å². The lowest BCUT2D eigenvalue weighted by Crippen LogP contribution is -2.15. The number of nitrogens with one attached hydrogen (secondary N) is 1. The molecule has 34 heavy (non-hydrogen) atoms. The Morgan fingerprint density at radius 1 is 1.03 bits per heavy atom. The van der Waals surface area contributed by atoms with Crippen LogP contribution in [0, 0.1) is 17.7 Å². The standard InChI is InChI=1S/C27H21F2N3O2/c28-21-14-19(15-30-23(21)11-12-24(33)34)26(18-9-10-22-20(13-18)27(29)32-31-22)25(17-7-4-8-17)16-5-2-1-3-6-16/h1-3,5-6,9-15,17H,4,7-8H2,(H,31,32)(H,33,34). The zero-order valence-electron chi connectivity index (χ0n) is 18.1. The molecule has 1 saturated carbocycles. The fourth-order valence-electron chi connectivity index (χ4n) is 4.37. The maximum atomic E-state index is 15.0. The van der Waals surface area contributed by atoms with E-state index in [2.05, 4.69) is 15.2 Å². The number of carboxylic acids is 1. The van der Waals surface area contributed by atoms with Crippen molar-refractivity contribution < 1.29 is 18.7 Å². The summed E-state index contributed by atoms with van der Waals surface area (Å²) >= 11 is 0. The van der Waals surface area contributed by atoms with Crippen molar-refractivity contribution in [1.82, 2.24) is 15.2 Å². The number of benzene rings is 2. The van der Waals surface area contributed by atoms with Gasteiger partial charge in [-0.15, -0.1) is 5.10 Å². The minimum atomic E-state index is -1.18. The molecule has 0 spiro atoms. The molecule has 4 aromatic rings. The zero-order valence-corrected chi connectivity index (χ0v) is 18.1. The second-order valence-electron chi connectivity index (χ2n) is 8.32. The van der Waals surface area contributed by atoms with Crippen LogP contribution in [-0.4, -0.2) is 26.3 Å². The number of aliphatic carboxylic acids is 1. The number of aromatic nitrogens is 3. The average Bonchev–Trinajstić information content (AvgIpc) is 3.17. The van der Waals surface area contributed by atoms with E-state index in [-0.39, 0.29) is 11.6 Å². The molecular weight excluding hydrogens is 436 g/mol. The summed E-state index contributed by atoms with van der Waals surface area (Å²) in [4.78, 5) is 15.0. The topological polar surface area (TPSA) is 78.9 Å². The smallest absolute Gasteiger partial charge is 0.328 e. The molecule has 0 atom stereocenters. The predicted octanol–water partition coefficient (Wildman–Crippen LogP) is 6.09. The summed E-state index contributed by atoms with van der Waals surface area (Å²) in [6, 6.07) is 16.6. The summed E-state index contributed by atoms with van der Waals surface area (Å²) < 4.78 is 29.3. The van der Waals surface area contributed by atoms with E-state index in [0.717, 1.165) is 53.7 Å². The lowest BCUT2D eigenvalue weighted by atomic mass is 9.73. The molecule has 0 radical (unpaired) electrons. The zero-order chi connectivity index (χ0) is 23.7. The van der Waals surface area contributed by atoms with Crippen molar-refractivity contribution in [1.29, 1.82) is 0 Å². The monoisotopic (exact) mass is 457 g/mol. The molecule has 0 amide bonds. The number of halogens is 2. The van der Waals surface area contributed by atoms with Crippen LogP contribution in [0.4, 0.5) is 8.78 Å². The van der Waals surface area contributed by atoms with Gasteiger partial charge in [0.15, 0.2) is 0 Å². The first-order valence-electron chi connectivity index (χ1n) is 11.0. The lowest BCUT2D eigenvalue weighted by molar-refractivity contribution is -0.131. The molecule has 2 N–H and O–H groups in total. The number of aromatic amines is 1. The van der Waals surface area contributed by atoms with Crippen LogP contribution < -0.4 is 0 Å². The van der Waals surface area contributed by atoms with E-state index < -0.39 is 17.7 Å². The molecule has 2 aromatic carbocycles. The Morgan fingerprint density at radius 3 is 2.50 bits per heavy atom. The maximum absolute atomic E-state index is 15.0. The van der Waals surface area contributed by atoms with E-state index in [4.69, 9.17) is 5.11 Å². The minimum absolute atomic E-state index is 0.0632. The molecule has 0 saturated heterocycles. The van der Waals surface area contributed by atoms with Crippen molar-refractivity contribution in [2.24, 2.45) is 5.92 Å². The van der Waals surface area contributed by atoms with Crippen LogP contribution in [0.2, 0.25) is 0 Å². The van der Waals surface area contributed by atoms with E-state index in [1.165, 1.54) is 12.3 Å². The van der Waals surface area contributed by atoms with Crippen LogP contribution in [0.25, 0.3) is 28.1 Å². The Balaban J connectivity index is 1.76. The molecule has 1 aliphatic rings. The Hall–Kier alpha value is -4.13. The van der Waals surface area contributed by atoms with E-state index >= 15 is 4.39 Å². The molecular formula is C27H21F2N3O2. The summed E-state index contributed by atoms with van der Waals surface area (Å²) in [5.74, 6) is -2.14. The van der Waals surface area contributed by atoms with E-state index in [9.17, 15) is 9.18 Å². The van der Waals surface area contributed by atoms with Crippen LogP contribution >= 0.6 is 0 Å². The lowest BCUT2D eigenvalue weighted by Gasteiger charge is -2.31. The molecule has 0 unspecified atom stereocenters. The number of H-pyrrole nitrogens is 1. The number of hydrogen-bond acceptors (Lipinski definition) is 3. The summed E-state index contributed by atoms with van der Waals surface area (Å²) in [7, 11) is 0. The van der Waals surface area contributed by atoms with Gasteiger partial charge in [-0.05, 0) is 65.3 Å². The van der Waals surface area contributed by atoms with Gasteiger partial charge in [0.2, 0.25) is 5.95 Å². The second kappa shape index (κ2) is 9.02. The molecule has 2 heterocycles. The Labute approximate surface area is 194 Å². The number of carboxylic acid groups (broad SMARTS) is 1. The third-order valence-electron chi connectivity index (χ3n) is 6.21. The number of allylic oxidation sites excluding steroid dienone is 1. The van der Waals surface area contributed by atoms with Gasteiger partial charge >= 0.3 is 5.97 Å². The largest absolute Gasteiger partial charge is 0.478 e. The first-order valence-corrected chi connectivity index (χ1v) is 11.0. The Morgan fingerprint density at radius 2 is 1.82 bits per heavy atom. The molecule has 170 valence electrons. The molecule has 0 bridgehead atoms. The quantitative estimate of drug-likeness (QED) is 0.271. The number of rotatable bonds is 6. The highest BCUT2D eigenvalue weighted by Gasteiger charge is 2.28. The summed E-state index contributed by atoms with van der Waals surface area (Å²) in [5, 5.41) is 15.5. The van der Waals surface area contributed by atoms with Crippen LogP contribution in [-0.2, 0) is 4.79 Å². The van der Waals surface area contributed by atoms with Gasteiger partial charge in [-0.2, -0.15) is 4.39 Å². The predicted molar refractivity (Wildman–Crippen MR) is 127 cm³/mol. The van der Waals surface area contributed by atoms with Crippen LogP contribution in [0.3, 0.4) is 0 Å². The Bertz CT molecular complexity index is 1440. The van der Waals surface area contributed by atoms with Crippen molar-refractivity contribution in [3.8, 4) is 0 Å². The van der Waals surface area contributed by atoms with Gasteiger partial charge < -0.3 is 5.11 Å². The fraction of sp³-hybridized carbons (Fsp3) is 0.148. The van der Waals surface area contributed by atoms with Crippen molar-refractivity contribution in [2.75, 3.05) is 0 Å². The van der Waals surface area contributed by atoms with Gasteiger partial charge in [0.1, 0.15) is 5.82 Å². The van der Waals surface area contributed by atoms with Crippen molar-refractivity contribution >= 4 is 34.1 Å². The number of carbonyl (C=O) groups is 1.